The van der Waals surface area contributed by atoms with Crippen molar-refractivity contribution in [3.8, 4) is 17.0 Å². The maximum atomic E-state index is 9.96. The summed E-state index contributed by atoms with van der Waals surface area (Å²) in [6.07, 6.45) is 3.36. The molecule has 2 heteroatoms. The van der Waals surface area contributed by atoms with Gasteiger partial charge in [-0.1, -0.05) is 49.4 Å². The number of benzene rings is 3. The molecule has 3 aromatic carbocycles. The predicted molar refractivity (Wildman–Crippen MR) is 108 cm³/mol. The molecule has 1 aliphatic rings. The van der Waals surface area contributed by atoms with Crippen molar-refractivity contribution in [2.75, 3.05) is 0 Å². The molecule has 0 saturated carbocycles. The fourth-order valence-corrected chi connectivity index (χ4v) is 4.38. The van der Waals surface area contributed by atoms with Crippen LogP contribution >= 0.6 is 0 Å². The number of pyridine rings is 1. The van der Waals surface area contributed by atoms with Crippen molar-refractivity contribution in [2.45, 2.75) is 26.2 Å². The van der Waals surface area contributed by atoms with Gasteiger partial charge in [-0.15, -0.1) is 0 Å². The van der Waals surface area contributed by atoms with E-state index in [9.17, 15) is 5.11 Å². The van der Waals surface area contributed by atoms with Crippen LogP contribution < -0.4 is 0 Å². The molecule has 1 atom stereocenters. The average Bonchev–Trinajstić information content (AvgIpc) is 2.66. The Morgan fingerprint density at radius 1 is 0.962 bits per heavy atom. The Kier molecular flexibility index (Phi) is 3.46. The molecule has 0 amide bonds. The van der Waals surface area contributed by atoms with Crippen LogP contribution in [0.4, 0.5) is 0 Å². The van der Waals surface area contributed by atoms with E-state index in [1.807, 2.05) is 12.1 Å². The first-order chi connectivity index (χ1) is 12.7. The highest BCUT2D eigenvalue weighted by molar-refractivity contribution is 6.09. The molecular weight excluding hydrogens is 318 g/mol. The summed E-state index contributed by atoms with van der Waals surface area (Å²) in [4.78, 5) is 5.07. The van der Waals surface area contributed by atoms with Crippen LogP contribution in [0.15, 0.2) is 60.7 Å². The van der Waals surface area contributed by atoms with Gasteiger partial charge >= 0.3 is 0 Å². The van der Waals surface area contributed by atoms with E-state index in [2.05, 4.69) is 49.4 Å². The second kappa shape index (κ2) is 5.84. The lowest BCUT2D eigenvalue weighted by molar-refractivity contribution is 0.475. The summed E-state index contributed by atoms with van der Waals surface area (Å²) < 4.78 is 0. The van der Waals surface area contributed by atoms with E-state index in [0.717, 1.165) is 29.6 Å². The lowest BCUT2D eigenvalue weighted by Gasteiger charge is -2.26. The molecule has 0 aliphatic heterocycles. The maximum Gasteiger partial charge on any atom is 0.116 e. The van der Waals surface area contributed by atoms with Crippen LogP contribution in [-0.4, -0.2) is 10.1 Å². The molecule has 2 nitrogen and oxygen atoms in total. The SMILES string of the molecule is CC1CCc2c(c(-c3cccc(O)c3)nc3ccc4ccccc4c23)C1. The fourth-order valence-electron chi connectivity index (χ4n) is 4.38. The highest BCUT2D eigenvalue weighted by atomic mass is 16.3. The van der Waals surface area contributed by atoms with Gasteiger partial charge < -0.3 is 5.11 Å². The Hall–Kier alpha value is -2.87. The Morgan fingerprint density at radius 3 is 2.73 bits per heavy atom. The molecule has 0 radical (unpaired) electrons. The second-order valence-corrected chi connectivity index (χ2v) is 7.50. The number of phenolic OH excluding ortho intramolecular Hbond substituents is 1. The molecular formula is C24H21NO. The third kappa shape index (κ3) is 2.37. The lowest BCUT2D eigenvalue weighted by Crippen LogP contribution is -2.14. The normalized spacial score (nSPS) is 16.7. The molecule has 4 aromatic rings. The summed E-state index contributed by atoms with van der Waals surface area (Å²) in [7, 11) is 0. The van der Waals surface area contributed by atoms with Crippen molar-refractivity contribution in [1.82, 2.24) is 4.98 Å². The zero-order chi connectivity index (χ0) is 17.7. The fraction of sp³-hybridized carbons (Fsp3) is 0.208. The third-order valence-corrected chi connectivity index (χ3v) is 5.65. The van der Waals surface area contributed by atoms with E-state index >= 15 is 0 Å². The average molecular weight is 339 g/mol. The predicted octanol–water partition coefficient (Wildman–Crippen LogP) is 5.89. The van der Waals surface area contributed by atoms with Crippen LogP contribution in [0.5, 0.6) is 5.75 Å². The Morgan fingerprint density at radius 2 is 1.85 bits per heavy atom. The minimum absolute atomic E-state index is 0.292. The number of rotatable bonds is 1. The van der Waals surface area contributed by atoms with Crippen molar-refractivity contribution in [3.63, 3.8) is 0 Å². The summed E-state index contributed by atoms with van der Waals surface area (Å²) in [6.45, 7) is 2.32. The van der Waals surface area contributed by atoms with Gasteiger partial charge in [-0.3, -0.25) is 0 Å². The highest BCUT2D eigenvalue weighted by Crippen LogP contribution is 2.39. The number of fused-ring (bicyclic) bond motifs is 5. The Bertz CT molecular complexity index is 1150. The maximum absolute atomic E-state index is 9.96. The molecule has 0 spiro atoms. The van der Waals surface area contributed by atoms with E-state index in [1.54, 1.807) is 6.07 Å². The number of hydrogen-bond acceptors (Lipinski definition) is 2. The smallest absolute Gasteiger partial charge is 0.116 e. The number of nitrogens with zero attached hydrogens (tertiary/aromatic N) is 1. The molecule has 128 valence electrons. The molecule has 0 bridgehead atoms. The molecule has 1 aliphatic carbocycles. The minimum Gasteiger partial charge on any atom is -0.508 e. The zero-order valence-corrected chi connectivity index (χ0v) is 14.9. The van der Waals surface area contributed by atoms with E-state index in [0.29, 0.717) is 11.7 Å². The number of hydrogen-bond donors (Lipinski definition) is 1. The molecule has 1 unspecified atom stereocenters. The molecule has 1 N–H and O–H groups in total. The molecule has 0 saturated heterocycles. The van der Waals surface area contributed by atoms with Crippen molar-refractivity contribution >= 4 is 21.7 Å². The molecule has 1 aromatic heterocycles. The number of phenols is 1. The summed E-state index contributed by atoms with van der Waals surface area (Å²) in [5.41, 5.74) is 5.90. The van der Waals surface area contributed by atoms with E-state index in [4.69, 9.17) is 4.98 Å². The zero-order valence-electron chi connectivity index (χ0n) is 14.9. The summed E-state index contributed by atoms with van der Waals surface area (Å²) in [5, 5.41) is 13.8. The summed E-state index contributed by atoms with van der Waals surface area (Å²) >= 11 is 0. The highest BCUT2D eigenvalue weighted by Gasteiger charge is 2.23. The topological polar surface area (TPSA) is 33.1 Å². The van der Waals surface area contributed by atoms with Crippen molar-refractivity contribution in [3.05, 3.63) is 71.8 Å². The molecule has 26 heavy (non-hydrogen) atoms. The van der Waals surface area contributed by atoms with Gasteiger partial charge in [0.05, 0.1) is 11.2 Å². The third-order valence-electron chi connectivity index (χ3n) is 5.65. The number of aromatic hydroxyl groups is 1. The molecule has 1 heterocycles. The van der Waals surface area contributed by atoms with Crippen LogP contribution in [0.3, 0.4) is 0 Å². The monoisotopic (exact) mass is 339 g/mol. The first-order valence-corrected chi connectivity index (χ1v) is 9.33. The quantitative estimate of drug-likeness (QED) is 0.439. The van der Waals surface area contributed by atoms with Crippen molar-refractivity contribution < 1.29 is 5.11 Å². The van der Waals surface area contributed by atoms with Gasteiger partial charge in [0.2, 0.25) is 0 Å². The van der Waals surface area contributed by atoms with Gasteiger partial charge in [0.15, 0.2) is 0 Å². The number of aryl methyl sites for hydroxylation is 1. The van der Waals surface area contributed by atoms with Crippen LogP contribution in [0.1, 0.15) is 24.5 Å². The van der Waals surface area contributed by atoms with Crippen molar-refractivity contribution in [2.24, 2.45) is 5.92 Å². The first kappa shape index (κ1) is 15.4. The van der Waals surface area contributed by atoms with Crippen LogP contribution in [0, 0.1) is 5.92 Å². The summed E-state index contributed by atoms with van der Waals surface area (Å²) in [5.74, 6) is 0.952. The van der Waals surface area contributed by atoms with Crippen LogP contribution in [0.25, 0.3) is 32.9 Å². The van der Waals surface area contributed by atoms with Crippen molar-refractivity contribution in [1.29, 1.82) is 0 Å². The molecule has 5 rings (SSSR count). The van der Waals surface area contributed by atoms with E-state index in [1.165, 1.54) is 33.7 Å². The first-order valence-electron chi connectivity index (χ1n) is 9.33. The van der Waals surface area contributed by atoms with Crippen LogP contribution in [0.2, 0.25) is 0 Å². The Labute approximate surface area is 153 Å². The van der Waals surface area contributed by atoms with Gasteiger partial charge in [-0.05, 0) is 65.3 Å². The largest absolute Gasteiger partial charge is 0.508 e. The van der Waals surface area contributed by atoms with Gasteiger partial charge in [0.1, 0.15) is 5.75 Å². The lowest BCUT2D eigenvalue weighted by atomic mass is 9.80. The molecule has 0 fully saturated rings. The minimum atomic E-state index is 0.292. The van der Waals surface area contributed by atoms with Gasteiger partial charge in [0.25, 0.3) is 0 Å². The van der Waals surface area contributed by atoms with Crippen LogP contribution in [-0.2, 0) is 12.8 Å². The van der Waals surface area contributed by atoms with E-state index in [-0.39, 0.29) is 0 Å². The number of aromatic nitrogens is 1. The standard InChI is InChI=1S/C24H21NO/c1-15-9-11-20-21(13-15)24(17-6-4-7-18(26)14-17)25-22-12-10-16-5-2-3-8-19(16)23(20)22/h2-8,10,12,14-15,26H,9,11,13H2,1H3. The van der Waals surface area contributed by atoms with Gasteiger partial charge in [-0.2, -0.15) is 0 Å². The van der Waals surface area contributed by atoms with E-state index < -0.39 is 0 Å². The van der Waals surface area contributed by atoms with Gasteiger partial charge in [0, 0.05) is 10.9 Å². The second-order valence-electron chi connectivity index (χ2n) is 7.50. The van der Waals surface area contributed by atoms with Gasteiger partial charge in [-0.25, -0.2) is 4.98 Å². The Balaban J connectivity index is 1.90. The summed E-state index contributed by atoms with van der Waals surface area (Å²) in [6, 6.07) is 20.4.